The molecule has 0 saturated heterocycles. The minimum atomic E-state index is -0.896. The van der Waals surface area contributed by atoms with Gasteiger partial charge >= 0.3 is 5.97 Å². The second-order valence-electron chi connectivity index (χ2n) is 4.14. The molecule has 0 radical (unpaired) electrons. The topological polar surface area (TPSA) is 46.5 Å². The molecule has 0 spiro atoms. The van der Waals surface area contributed by atoms with Gasteiger partial charge in [-0.3, -0.25) is 0 Å². The Hall–Kier alpha value is -1.16. The molecule has 0 heterocycles. The van der Waals surface area contributed by atoms with Crippen LogP contribution in [0.2, 0.25) is 0 Å². The largest absolute Gasteiger partial charge is 0.493 e. The summed E-state index contributed by atoms with van der Waals surface area (Å²) in [5.41, 5.74) is 2.09. The van der Waals surface area contributed by atoms with Crippen molar-refractivity contribution in [2.45, 2.75) is 27.2 Å². The number of aryl methyl sites for hydroxylation is 2. The van der Waals surface area contributed by atoms with Crippen LogP contribution in [0.5, 0.6) is 5.75 Å². The van der Waals surface area contributed by atoms with Crippen LogP contribution in [0.25, 0.3) is 0 Å². The lowest BCUT2D eigenvalue weighted by Gasteiger charge is -2.12. The van der Waals surface area contributed by atoms with Crippen molar-refractivity contribution in [1.82, 2.24) is 0 Å². The average Bonchev–Trinajstić information content (AvgIpc) is 2.31. The maximum absolute atomic E-state index is 10.9. The Labute approximate surface area is 113 Å². The maximum Gasteiger partial charge on any atom is 0.335 e. The van der Waals surface area contributed by atoms with Gasteiger partial charge in [0.05, 0.1) is 12.2 Å². The minimum Gasteiger partial charge on any atom is -0.493 e. The van der Waals surface area contributed by atoms with Crippen molar-refractivity contribution in [1.29, 1.82) is 0 Å². The van der Waals surface area contributed by atoms with Crippen LogP contribution in [-0.2, 0) is 0 Å². The van der Waals surface area contributed by atoms with E-state index in [0.29, 0.717) is 12.2 Å². The average molecular weight is 268 g/mol. The summed E-state index contributed by atoms with van der Waals surface area (Å²) in [6.45, 7) is 6.59. The third-order valence-electron chi connectivity index (χ3n) is 2.59. The normalized spacial score (nSPS) is 10.4. The van der Waals surface area contributed by atoms with E-state index >= 15 is 0 Å². The van der Waals surface area contributed by atoms with E-state index < -0.39 is 5.97 Å². The van der Waals surface area contributed by atoms with E-state index in [1.54, 1.807) is 12.1 Å². The molecular weight excluding hydrogens is 248 g/mol. The molecule has 0 unspecified atom stereocenters. The highest BCUT2D eigenvalue weighted by Gasteiger charge is 2.10. The number of aromatic carboxylic acids is 1. The van der Waals surface area contributed by atoms with Crippen LogP contribution < -0.4 is 4.74 Å². The van der Waals surface area contributed by atoms with Crippen LogP contribution in [0, 0.1) is 13.8 Å². The summed E-state index contributed by atoms with van der Waals surface area (Å²) >= 11 is 1.90. The molecule has 0 bridgehead atoms. The molecule has 0 aromatic heterocycles. The van der Waals surface area contributed by atoms with Crippen molar-refractivity contribution in [3.8, 4) is 5.75 Å². The summed E-state index contributed by atoms with van der Waals surface area (Å²) in [5.74, 6) is 2.15. The summed E-state index contributed by atoms with van der Waals surface area (Å²) in [6, 6.07) is 3.32. The Morgan fingerprint density at radius 2 is 1.94 bits per heavy atom. The molecule has 1 N–H and O–H groups in total. The second-order valence-corrected chi connectivity index (χ2v) is 5.54. The minimum absolute atomic E-state index is 0.318. The smallest absolute Gasteiger partial charge is 0.335 e. The van der Waals surface area contributed by atoms with Gasteiger partial charge in [0.15, 0.2) is 0 Å². The molecule has 3 nitrogen and oxygen atoms in total. The zero-order valence-corrected chi connectivity index (χ0v) is 12.0. The monoisotopic (exact) mass is 268 g/mol. The first-order chi connectivity index (χ1) is 8.56. The summed E-state index contributed by atoms with van der Waals surface area (Å²) in [6.07, 6.45) is 1.01. The van der Waals surface area contributed by atoms with Gasteiger partial charge in [-0.1, -0.05) is 6.92 Å². The van der Waals surface area contributed by atoms with E-state index in [1.807, 2.05) is 25.6 Å². The molecule has 0 aliphatic heterocycles. The lowest BCUT2D eigenvalue weighted by molar-refractivity contribution is 0.0696. The Kier molecular flexibility index (Phi) is 6.05. The van der Waals surface area contributed by atoms with Gasteiger partial charge < -0.3 is 9.84 Å². The predicted molar refractivity (Wildman–Crippen MR) is 76.0 cm³/mol. The second kappa shape index (κ2) is 7.31. The Morgan fingerprint density at radius 3 is 2.44 bits per heavy atom. The predicted octanol–water partition coefficient (Wildman–Crippen LogP) is 3.52. The van der Waals surface area contributed by atoms with E-state index in [2.05, 4.69) is 6.92 Å². The highest BCUT2D eigenvalue weighted by Crippen LogP contribution is 2.25. The molecule has 1 rings (SSSR count). The fourth-order valence-electron chi connectivity index (χ4n) is 1.78. The van der Waals surface area contributed by atoms with Gasteiger partial charge in [-0.05, 0) is 55.0 Å². The highest BCUT2D eigenvalue weighted by molar-refractivity contribution is 7.99. The zero-order valence-electron chi connectivity index (χ0n) is 11.2. The molecular formula is C14H20O3S. The molecule has 0 saturated carbocycles. The molecule has 0 atom stereocenters. The Bertz CT molecular complexity index is 392. The van der Waals surface area contributed by atoms with E-state index in [9.17, 15) is 4.79 Å². The van der Waals surface area contributed by atoms with Crippen molar-refractivity contribution in [3.05, 3.63) is 28.8 Å². The van der Waals surface area contributed by atoms with E-state index in [0.717, 1.165) is 34.8 Å². The van der Waals surface area contributed by atoms with E-state index in [4.69, 9.17) is 9.84 Å². The van der Waals surface area contributed by atoms with Crippen LogP contribution >= 0.6 is 11.8 Å². The van der Waals surface area contributed by atoms with Crippen molar-refractivity contribution < 1.29 is 14.6 Å². The van der Waals surface area contributed by atoms with E-state index in [1.165, 1.54) is 0 Å². The number of carboxylic acids is 1. The summed E-state index contributed by atoms with van der Waals surface area (Å²) < 4.78 is 5.74. The van der Waals surface area contributed by atoms with Crippen LogP contribution in [0.4, 0.5) is 0 Å². The molecule has 0 amide bonds. The lowest BCUT2D eigenvalue weighted by atomic mass is 10.1. The van der Waals surface area contributed by atoms with E-state index in [-0.39, 0.29) is 0 Å². The number of rotatable bonds is 7. The molecule has 1 aromatic carbocycles. The maximum atomic E-state index is 10.9. The summed E-state index contributed by atoms with van der Waals surface area (Å²) in [4.78, 5) is 10.9. The van der Waals surface area contributed by atoms with Crippen LogP contribution in [0.15, 0.2) is 12.1 Å². The molecule has 4 heteroatoms. The van der Waals surface area contributed by atoms with Crippen LogP contribution in [0.3, 0.4) is 0 Å². The third-order valence-corrected chi connectivity index (χ3v) is 3.58. The molecule has 100 valence electrons. The number of benzene rings is 1. The number of carbonyl (C=O) groups is 1. The first-order valence-corrected chi connectivity index (χ1v) is 7.26. The van der Waals surface area contributed by atoms with Crippen molar-refractivity contribution in [3.63, 3.8) is 0 Å². The number of hydrogen-bond acceptors (Lipinski definition) is 3. The van der Waals surface area contributed by atoms with Gasteiger partial charge in [0.25, 0.3) is 0 Å². The standard InChI is InChI=1S/C14H20O3S/c1-4-18-7-5-6-17-13-10(2)8-12(14(15)16)9-11(13)3/h8-9H,4-7H2,1-3H3,(H,15,16). The zero-order chi connectivity index (χ0) is 13.5. The third kappa shape index (κ3) is 4.26. The quantitative estimate of drug-likeness (QED) is 0.769. The SMILES string of the molecule is CCSCCCOc1c(C)cc(C(=O)O)cc1C. The fraction of sp³-hybridized carbons (Fsp3) is 0.500. The number of hydrogen-bond donors (Lipinski definition) is 1. The van der Waals surface area contributed by atoms with Crippen molar-refractivity contribution in [2.75, 3.05) is 18.1 Å². The van der Waals surface area contributed by atoms with Gasteiger partial charge in [0, 0.05) is 0 Å². The Morgan fingerprint density at radius 1 is 1.33 bits per heavy atom. The van der Waals surface area contributed by atoms with Crippen molar-refractivity contribution >= 4 is 17.7 Å². The summed E-state index contributed by atoms with van der Waals surface area (Å²) in [5, 5.41) is 8.95. The molecule has 1 aromatic rings. The molecule has 0 aliphatic rings. The fourth-order valence-corrected chi connectivity index (χ4v) is 2.39. The van der Waals surface area contributed by atoms with Crippen molar-refractivity contribution in [2.24, 2.45) is 0 Å². The van der Waals surface area contributed by atoms with Gasteiger partial charge in [0.1, 0.15) is 5.75 Å². The van der Waals surface area contributed by atoms with Gasteiger partial charge in [-0.25, -0.2) is 4.79 Å². The number of carboxylic acid groups (broad SMARTS) is 1. The van der Waals surface area contributed by atoms with Gasteiger partial charge in [-0.15, -0.1) is 0 Å². The summed E-state index contributed by atoms with van der Waals surface area (Å²) in [7, 11) is 0. The van der Waals surface area contributed by atoms with Gasteiger partial charge in [0.2, 0.25) is 0 Å². The highest BCUT2D eigenvalue weighted by atomic mass is 32.2. The molecule has 0 aliphatic carbocycles. The van der Waals surface area contributed by atoms with Crippen LogP contribution in [0.1, 0.15) is 34.8 Å². The first kappa shape index (κ1) is 14.9. The number of thioether (sulfide) groups is 1. The molecule has 0 fully saturated rings. The molecule has 18 heavy (non-hydrogen) atoms. The Balaban J connectivity index is 2.63. The lowest BCUT2D eigenvalue weighted by Crippen LogP contribution is -2.04. The number of ether oxygens (including phenoxy) is 1. The van der Waals surface area contributed by atoms with Gasteiger partial charge in [-0.2, -0.15) is 11.8 Å². The first-order valence-electron chi connectivity index (χ1n) is 6.11. The van der Waals surface area contributed by atoms with Crippen LogP contribution in [-0.4, -0.2) is 29.2 Å².